The first-order chi connectivity index (χ1) is 7.15. The molecule has 0 bridgehead atoms. The van der Waals surface area contributed by atoms with Crippen LogP contribution in [0.1, 0.15) is 32.1 Å². The van der Waals surface area contributed by atoms with E-state index in [4.69, 9.17) is 0 Å². The average Bonchev–Trinajstić information content (AvgIpc) is 2.26. The van der Waals surface area contributed by atoms with Crippen LogP contribution in [0.25, 0.3) is 0 Å². The summed E-state index contributed by atoms with van der Waals surface area (Å²) in [7, 11) is 4.81. The maximum Gasteiger partial charge on any atom is 0.161 e. The maximum absolute atomic E-state index is 12.2. The van der Waals surface area contributed by atoms with E-state index in [-0.39, 0.29) is 0 Å². The number of carbonyl (C=O) groups excluding carboxylic acids is 1. The number of nitrogens with zero attached hydrogens (tertiary/aromatic N) is 1. The van der Waals surface area contributed by atoms with Gasteiger partial charge in [-0.15, -0.1) is 0 Å². The fourth-order valence-corrected chi connectivity index (χ4v) is 2.27. The van der Waals surface area contributed by atoms with Gasteiger partial charge in [0.15, 0.2) is 13.1 Å². The van der Waals surface area contributed by atoms with Crippen molar-refractivity contribution in [2.45, 2.75) is 38.9 Å². The summed E-state index contributed by atoms with van der Waals surface area (Å²) in [4.78, 5) is 14.1. The van der Waals surface area contributed by atoms with Gasteiger partial charge in [-0.1, -0.05) is 26.1 Å². The number of hydrogen-bond acceptors (Lipinski definition) is 2. The molecule has 1 aliphatic carbocycles. The van der Waals surface area contributed by atoms with E-state index in [0.717, 1.165) is 25.6 Å². The third kappa shape index (κ3) is 3.73. The first-order valence-electron chi connectivity index (χ1n) is 6.06. The lowest BCUT2D eigenvalue weighted by molar-refractivity contribution is -0.119. The van der Waals surface area contributed by atoms with Gasteiger partial charge in [0.25, 0.3) is 0 Å². The van der Waals surface area contributed by atoms with E-state index in [2.05, 4.69) is 6.82 Å². The fraction of sp³-hybridized carbons (Fsp3) is 0.750. The van der Waals surface area contributed by atoms with E-state index in [0.29, 0.717) is 11.7 Å². The second-order valence-corrected chi connectivity index (χ2v) is 4.67. The Balaban J connectivity index is 2.63. The zero-order valence-corrected chi connectivity index (χ0v) is 10.3. The molecule has 0 amide bonds. The largest absolute Gasteiger partial charge is 0.384 e. The first-order valence-corrected chi connectivity index (χ1v) is 6.06. The summed E-state index contributed by atoms with van der Waals surface area (Å²) in [6.07, 6.45) is 7.96. The Hall–Kier alpha value is -0.725. The van der Waals surface area contributed by atoms with Gasteiger partial charge in [-0.25, -0.2) is 0 Å². The molecule has 0 aromatic carbocycles. The Morgan fingerprint density at radius 1 is 1.27 bits per heavy atom. The molecular formula is C12H22BNO. The van der Waals surface area contributed by atoms with Gasteiger partial charge in [0.1, 0.15) is 0 Å². The molecule has 0 spiro atoms. The van der Waals surface area contributed by atoms with E-state index in [1.165, 1.54) is 19.3 Å². The number of Topliss-reactive ketones (excluding diaryl/α,β-unsaturated/α-hetero) is 1. The lowest BCUT2D eigenvalue weighted by atomic mass is 9.67. The lowest BCUT2D eigenvalue weighted by Gasteiger charge is -2.21. The van der Waals surface area contributed by atoms with Gasteiger partial charge < -0.3 is 4.90 Å². The van der Waals surface area contributed by atoms with Crippen molar-refractivity contribution in [2.24, 2.45) is 5.92 Å². The molecule has 1 aliphatic rings. The molecule has 1 fully saturated rings. The predicted molar refractivity (Wildman–Crippen MR) is 66.4 cm³/mol. The van der Waals surface area contributed by atoms with Gasteiger partial charge in [0.05, 0.1) is 0 Å². The van der Waals surface area contributed by atoms with Crippen LogP contribution in [0, 0.1) is 5.92 Å². The van der Waals surface area contributed by atoms with Crippen molar-refractivity contribution in [3.8, 4) is 0 Å². The highest BCUT2D eigenvalue weighted by Gasteiger charge is 2.23. The van der Waals surface area contributed by atoms with Crippen LogP contribution in [0.15, 0.2) is 11.7 Å². The number of carbonyl (C=O) groups is 1. The van der Waals surface area contributed by atoms with Crippen LogP contribution in [0.5, 0.6) is 0 Å². The molecular weight excluding hydrogens is 185 g/mol. The van der Waals surface area contributed by atoms with Gasteiger partial charge >= 0.3 is 0 Å². The molecule has 0 radical (unpaired) electrons. The lowest BCUT2D eigenvalue weighted by Crippen LogP contribution is -2.23. The summed E-state index contributed by atoms with van der Waals surface area (Å²) in [5.74, 6) is 0.704. The van der Waals surface area contributed by atoms with Crippen molar-refractivity contribution >= 4 is 13.1 Å². The maximum atomic E-state index is 12.2. The summed E-state index contributed by atoms with van der Waals surface area (Å²) >= 11 is 0. The van der Waals surface area contributed by atoms with Crippen LogP contribution in [-0.2, 0) is 4.79 Å². The molecule has 1 rings (SSSR count). The molecule has 0 aliphatic heterocycles. The molecule has 0 N–H and O–H groups in total. The summed E-state index contributed by atoms with van der Waals surface area (Å²) in [5, 5.41) is 0. The van der Waals surface area contributed by atoms with Crippen molar-refractivity contribution in [1.29, 1.82) is 0 Å². The predicted octanol–water partition coefficient (Wildman–Crippen LogP) is 2.02. The Labute approximate surface area is 94.0 Å². The zero-order chi connectivity index (χ0) is 11.3. The molecule has 0 aromatic rings. The monoisotopic (exact) mass is 207 g/mol. The molecule has 0 heterocycles. The SMILES string of the molecule is CB/C(=C\N(C)C)C(=O)C1CCCCC1. The van der Waals surface area contributed by atoms with Crippen molar-refractivity contribution in [3.05, 3.63) is 11.7 Å². The van der Waals surface area contributed by atoms with Gasteiger partial charge in [0.2, 0.25) is 0 Å². The van der Waals surface area contributed by atoms with E-state index in [1.54, 1.807) is 0 Å². The van der Waals surface area contributed by atoms with Gasteiger partial charge in [-0.05, 0) is 24.5 Å². The molecule has 15 heavy (non-hydrogen) atoms. The van der Waals surface area contributed by atoms with Crippen LogP contribution in [0.4, 0.5) is 0 Å². The van der Waals surface area contributed by atoms with Crippen LogP contribution in [0.3, 0.4) is 0 Å². The number of allylic oxidation sites excluding steroid dienone is 1. The van der Waals surface area contributed by atoms with E-state index in [9.17, 15) is 4.79 Å². The summed E-state index contributed by atoms with van der Waals surface area (Å²) < 4.78 is 0. The van der Waals surface area contributed by atoms with E-state index in [1.807, 2.05) is 25.2 Å². The first kappa shape index (κ1) is 12.3. The standard InChI is InChI=1S/C12H22BNO/c1-13-11(9-14(2)3)12(15)10-7-5-4-6-8-10/h9-10,13H,4-8H2,1-3H3/b11-9-. The quantitative estimate of drug-likeness (QED) is 0.519. The highest BCUT2D eigenvalue weighted by Crippen LogP contribution is 2.26. The molecule has 0 saturated heterocycles. The summed E-state index contributed by atoms with van der Waals surface area (Å²) in [6.45, 7) is 2.07. The van der Waals surface area contributed by atoms with Crippen LogP contribution < -0.4 is 0 Å². The van der Waals surface area contributed by atoms with Crippen LogP contribution in [0.2, 0.25) is 6.82 Å². The molecule has 84 valence electrons. The average molecular weight is 207 g/mol. The van der Waals surface area contributed by atoms with Crippen molar-refractivity contribution in [3.63, 3.8) is 0 Å². The van der Waals surface area contributed by atoms with E-state index < -0.39 is 0 Å². The third-order valence-corrected chi connectivity index (χ3v) is 3.09. The molecule has 0 aromatic heterocycles. The molecule has 0 unspecified atom stereocenters. The molecule has 2 nitrogen and oxygen atoms in total. The van der Waals surface area contributed by atoms with E-state index >= 15 is 0 Å². The smallest absolute Gasteiger partial charge is 0.161 e. The summed E-state index contributed by atoms with van der Waals surface area (Å²) in [6, 6.07) is 0. The van der Waals surface area contributed by atoms with Crippen molar-refractivity contribution in [1.82, 2.24) is 4.90 Å². The highest BCUT2D eigenvalue weighted by atomic mass is 16.1. The Kier molecular flexibility index (Phi) is 4.93. The third-order valence-electron chi connectivity index (χ3n) is 3.09. The Bertz CT molecular complexity index is 242. The number of ketones is 1. The van der Waals surface area contributed by atoms with Gasteiger partial charge in [-0.2, -0.15) is 0 Å². The van der Waals surface area contributed by atoms with Crippen molar-refractivity contribution in [2.75, 3.05) is 14.1 Å². The Morgan fingerprint density at radius 2 is 1.87 bits per heavy atom. The number of rotatable bonds is 4. The second kappa shape index (κ2) is 5.99. The second-order valence-electron chi connectivity index (χ2n) is 4.67. The summed E-state index contributed by atoms with van der Waals surface area (Å²) in [5.41, 5.74) is 0.993. The van der Waals surface area contributed by atoms with Crippen LogP contribution >= 0.6 is 0 Å². The minimum absolute atomic E-state index is 0.310. The normalized spacial score (nSPS) is 18.7. The Morgan fingerprint density at radius 3 is 2.33 bits per heavy atom. The van der Waals surface area contributed by atoms with Crippen molar-refractivity contribution < 1.29 is 4.79 Å². The molecule has 1 saturated carbocycles. The minimum Gasteiger partial charge on any atom is -0.384 e. The zero-order valence-electron chi connectivity index (χ0n) is 10.3. The fourth-order valence-electron chi connectivity index (χ4n) is 2.27. The minimum atomic E-state index is 0.310. The van der Waals surface area contributed by atoms with Gasteiger partial charge in [-0.3, -0.25) is 4.79 Å². The highest BCUT2D eigenvalue weighted by molar-refractivity contribution is 6.53. The molecule has 0 atom stereocenters. The molecule has 3 heteroatoms. The number of hydrogen-bond donors (Lipinski definition) is 0. The van der Waals surface area contributed by atoms with Gasteiger partial charge in [0, 0.05) is 20.0 Å². The topological polar surface area (TPSA) is 20.3 Å². The van der Waals surface area contributed by atoms with Crippen LogP contribution in [-0.4, -0.2) is 32.1 Å².